The predicted octanol–water partition coefficient (Wildman–Crippen LogP) is 2.36. The molecule has 8 nitrogen and oxygen atoms in total. The van der Waals surface area contributed by atoms with Gasteiger partial charge in [-0.1, -0.05) is 18.2 Å². The van der Waals surface area contributed by atoms with Crippen LogP contribution in [0.1, 0.15) is 5.56 Å². The van der Waals surface area contributed by atoms with Gasteiger partial charge in [0.15, 0.2) is 5.75 Å². The number of phenols is 1. The van der Waals surface area contributed by atoms with Crippen molar-refractivity contribution in [2.75, 3.05) is 16.4 Å². The van der Waals surface area contributed by atoms with Crippen LogP contribution < -0.4 is 16.4 Å². The molecule has 9 heteroatoms. The average molecular weight is 371 g/mol. The highest BCUT2D eigenvalue weighted by atomic mass is 32.2. The van der Waals surface area contributed by atoms with Crippen molar-refractivity contribution >= 4 is 39.5 Å². The normalized spacial score (nSPS) is 10.7. The summed E-state index contributed by atoms with van der Waals surface area (Å²) in [6.45, 7) is 0. The Bertz CT molecular complexity index is 999. The van der Waals surface area contributed by atoms with Crippen molar-refractivity contribution in [3.63, 3.8) is 0 Å². The fraction of sp³-hybridized carbons (Fsp3) is 0.0588. The Balaban J connectivity index is 1.78. The molecule has 134 valence electrons. The van der Waals surface area contributed by atoms with Gasteiger partial charge < -0.3 is 21.5 Å². The molecule has 0 radical (unpaired) electrons. The van der Waals surface area contributed by atoms with Crippen molar-refractivity contribution in [1.29, 1.82) is 0 Å². The Hall–Kier alpha value is -3.33. The number of phenolic OH excluding ortho intramolecular Hbond substituents is 1. The van der Waals surface area contributed by atoms with Crippen LogP contribution in [-0.2, 0) is 16.5 Å². The number of hydrogen-bond acceptors (Lipinski definition) is 8. The van der Waals surface area contributed by atoms with Gasteiger partial charge in [0.25, 0.3) is 0 Å². The molecule has 0 unspecified atom stereocenters. The van der Waals surface area contributed by atoms with Crippen molar-refractivity contribution in [3.05, 3.63) is 60.3 Å². The van der Waals surface area contributed by atoms with Crippen molar-refractivity contribution in [3.8, 4) is 5.75 Å². The number of benzene rings is 2. The predicted molar refractivity (Wildman–Crippen MR) is 102 cm³/mol. The van der Waals surface area contributed by atoms with Crippen LogP contribution in [0.15, 0.2) is 54.7 Å². The van der Waals surface area contributed by atoms with E-state index in [0.29, 0.717) is 28.7 Å². The summed E-state index contributed by atoms with van der Waals surface area (Å²) < 4.78 is 21.7. The van der Waals surface area contributed by atoms with Crippen molar-refractivity contribution < 1.29 is 13.5 Å². The smallest absolute Gasteiger partial charge is 0.229 e. The summed E-state index contributed by atoms with van der Waals surface area (Å²) in [5, 5.41) is 16.0. The average Bonchev–Trinajstić information content (AvgIpc) is 2.59. The molecular weight excluding hydrogens is 354 g/mol. The Morgan fingerprint density at radius 3 is 2.69 bits per heavy atom. The lowest BCUT2D eigenvalue weighted by atomic mass is 10.2. The van der Waals surface area contributed by atoms with Crippen LogP contribution in [-0.4, -0.2) is 23.5 Å². The zero-order chi connectivity index (χ0) is 18.5. The summed E-state index contributed by atoms with van der Waals surface area (Å²) in [6.07, 6.45) is 1.55. The molecule has 0 atom stereocenters. The van der Waals surface area contributed by atoms with Gasteiger partial charge in [-0.05, 0) is 35.9 Å². The second-order valence-electron chi connectivity index (χ2n) is 5.45. The number of nitrogens with zero attached hydrogens (tertiary/aromatic N) is 2. The van der Waals surface area contributed by atoms with E-state index in [1.165, 1.54) is 0 Å². The number of nitrogens with one attached hydrogen (secondary N) is 2. The topological polar surface area (TPSA) is 130 Å². The van der Waals surface area contributed by atoms with Crippen molar-refractivity contribution in [2.24, 2.45) is 0 Å². The molecule has 0 fully saturated rings. The number of aromatic hydroxyl groups is 1. The molecule has 0 aliphatic heterocycles. The first-order valence-corrected chi connectivity index (χ1v) is 9.03. The van der Waals surface area contributed by atoms with Gasteiger partial charge in [-0.15, -0.1) is 0 Å². The molecule has 5 N–H and O–H groups in total. The molecule has 0 bridgehead atoms. The van der Waals surface area contributed by atoms with Crippen LogP contribution in [0.3, 0.4) is 0 Å². The van der Waals surface area contributed by atoms with E-state index in [2.05, 4.69) is 20.6 Å². The van der Waals surface area contributed by atoms with E-state index in [-0.39, 0.29) is 17.2 Å². The molecule has 0 saturated carbocycles. The number of aromatic nitrogens is 2. The van der Waals surface area contributed by atoms with Crippen LogP contribution in [0, 0.1) is 0 Å². The quantitative estimate of drug-likeness (QED) is 0.254. The SMILES string of the molecule is Nc1cccc(Nc2ccnc(Nc3cccc(C[SH](=O)=O)c3)n2)c1O. The Morgan fingerprint density at radius 2 is 1.88 bits per heavy atom. The first-order valence-electron chi connectivity index (χ1n) is 7.66. The molecule has 1 heterocycles. The highest BCUT2D eigenvalue weighted by molar-refractivity contribution is 7.71. The van der Waals surface area contributed by atoms with Gasteiger partial charge in [-0.25, -0.2) is 13.4 Å². The molecule has 1 aromatic heterocycles. The third kappa shape index (κ3) is 4.39. The third-order valence-electron chi connectivity index (χ3n) is 3.48. The van der Waals surface area contributed by atoms with E-state index >= 15 is 0 Å². The largest absolute Gasteiger partial charge is 0.504 e. The van der Waals surface area contributed by atoms with Crippen LogP contribution in [0.25, 0.3) is 0 Å². The molecule has 3 aromatic rings. The fourth-order valence-corrected chi connectivity index (χ4v) is 2.81. The van der Waals surface area contributed by atoms with Gasteiger partial charge in [0, 0.05) is 11.9 Å². The van der Waals surface area contributed by atoms with Crippen molar-refractivity contribution in [2.45, 2.75) is 5.75 Å². The molecule has 26 heavy (non-hydrogen) atoms. The van der Waals surface area contributed by atoms with Gasteiger partial charge in [-0.3, -0.25) is 0 Å². The van der Waals surface area contributed by atoms with E-state index in [4.69, 9.17) is 5.73 Å². The van der Waals surface area contributed by atoms with Gasteiger partial charge in [0.1, 0.15) is 16.5 Å². The molecule has 0 amide bonds. The summed E-state index contributed by atoms with van der Waals surface area (Å²) in [5.74, 6) is 0.700. The zero-order valence-corrected chi connectivity index (χ0v) is 14.5. The molecule has 2 aromatic carbocycles. The Kier molecular flexibility index (Phi) is 5.18. The van der Waals surface area contributed by atoms with Crippen LogP contribution in [0.2, 0.25) is 0 Å². The highest BCUT2D eigenvalue weighted by Gasteiger charge is 2.07. The summed E-state index contributed by atoms with van der Waals surface area (Å²) in [5.41, 5.74) is 7.70. The highest BCUT2D eigenvalue weighted by Crippen LogP contribution is 2.31. The van der Waals surface area contributed by atoms with Crippen LogP contribution in [0.5, 0.6) is 5.75 Å². The summed E-state index contributed by atoms with van der Waals surface area (Å²) in [7, 11) is -2.49. The molecule has 0 spiro atoms. The van der Waals surface area contributed by atoms with Crippen molar-refractivity contribution in [1.82, 2.24) is 9.97 Å². The van der Waals surface area contributed by atoms with E-state index in [1.807, 2.05) is 0 Å². The zero-order valence-electron chi connectivity index (χ0n) is 13.6. The van der Waals surface area contributed by atoms with E-state index in [9.17, 15) is 13.5 Å². The number of thiol groups is 1. The number of rotatable bonds is 6. The lowest BCUT2D eigenvalue weighted by Gasteiger charge is -2.11. The number of nitrogen functional groups attached to an aromatic ring is 1. The van der Waals surface area contributed by atoms with E-state index in [0.717, 1.165) is 0 Å². The van der Waals surface area contributed by atoms with Crippen LogP contribution >= 0.6 is 0 Å². The summed E-state index contributed by atoms with van der Waals surface area (Å²) in [4.78, 5) is 8.46. The minimum atomic E-state index is -2.49. The second kappa shape index (κ2) is 7.70. The second-order valence-corrected chi connectivity index (χ2v) is 6.43. The van der Waals surface area contributed by atoms with Crippen LogP contribution in [0.4, 0.5) is 28.8 Å². The first kappa shape index (κ1) is 17.5. The first-order chi connectivity index (χ1) is 12.5. The fourth-order valence-electron chi connectivity index (χ4n) is 2.31. The minimum absolute atomic E-state index is 0.0258. The van der Waals surface area contributed by atoms with E-state index in [1.54, 1.807) is 54.7 Å². The maximum atomic E-state index is 10.9. The molecule has 3 rings (SSSR count). The molecular formula is C17H17N5O3S. The molecule has 0 saturated heterocycles. The monoisotopic (exact) mass is 371 g/mol. The van der Waals surface area contributed by atoms with Gasteiger partial charge in [-0.2, -0.15) is 4.98 Å². The molecule has 0 aliphatic carbocycles. The van der Waals surface area contributed by atoms with Gasteiger partial charge in [0.05, 0.1) is 17.1 Å². The standard InChI is InChI=1S/C17H17N5O3S/c18-13-5-2-6-14(16(13)23)21-15-7-8-19-17(22-15)20-12-4-1-3-11(9-12)10-26(24)25/h1-9,23,26H,10,18H2,(H2,19,20,21,22). The maximum Gasteiger partial charge on any atom is 0.229 e. The van der Waals surface area contributed by atoms with Gasteiger partial charge in [0.2, 0.25) is 5.95 Å². The summed E-state index contributed by atoms with van der Waals surface area (Å²) >= 11 is 0. The number of hydrogen-bond donors (Lipinski definition) is 5. The minimum Gasteiger partial charge on any atom is -0.504 e. The Morgan fingerprint density at radius 1 is 1.08 bits per heavy atom. The maximum absolute atomic E-state index is 10.9. The number of nitrogens with two attached hydrogens (primary N) is 1. The molecule has 0 aliphatic rings. The van der Waals surface area contributed by atoms with E-state index < -0.39 is 10.7 Å². The lowest BCUT2D eigenvalue weighted by molar-refractivity contribution is 0.480. The number of anilines is 5. The Labute approximate surface area is 151 Å². The summed E-state index contributed by atoms with van der Waals surface area (Å²) in [6, 6.07) is 13.6. The van der Waals surface area contributed by atoms with Gasteiger partial charge >= 0.3 is 0 Å². The lowest BCUT2D eigenvalue weighted by Crippen LogP contribution is -2.01. The number of para-hydroxylation sites is 1. The third-order valence-corrected chi connectivity index (χ3v) is 4.10.